The summed E-state index contributed by atoms with van der Waals surface area (Å²) in [6.07, 6.45) is 2.51. The normalized spacial score (nSPS) is 10.4. The lowest BCUT2D eigenvalue weighted by Crippen LogP contribution is -2.04. The minimum Gasteiger partial charge on any atom is -0.436 e. The van der Waals surface area contributed by atoms with Crippen LogP contribution < -0.4 is 10.1 Å². The van der Waals surface area contributed by atoms with E-state index in [0.717, 1.165) is 39.0 Å². The summed E-state index contributed by atoms with van der Waals surface area (Å²) in [5.74, 6) is 1.94. The second kappa shape index (κ2) is 7.04. The van der Waals surface area contributed by atoms with Crippen molar-refractivity contribution in [3.63, 3.8) is 0 Å². The molecule has 1 N–H and O–H groups in total. The summed E-state index contributed by atoms with van der Waals surface area (Å²) < 4.78 is 7.45. The van der Waals surface area contributed by atoms with E-state index >= 15 is 0 Å². The number of rotatable bonds is 5. The standard InChI is InChI=1S/C14H15Br2N3O/c1-3-6-17-13-12(16)14(19-8-18-13)20-11-5-4-9(2)7-10(11)15/h4-5,7-8H,3,6H2,1-2H3,(H,17,18,19). The fraction of sp³-hybridized carbons (Fsp3) is 0.286. The fourth-order valence-corrected chi connectivity index (χ4v) is 2.58. The summed E-state index contributed by atoms with van der Waals surface area (Å²) >= 11 is 6.97. The molecule has 0 bridgehead atoms. The summed E-state index contributed by atoms with van der Waals surface area (Å²) in [5.41, 5.74) is 1.16. The van der Waals surface area contributed by atoms with Gasteiger partial charge >= 0.3 is 0 Å². The first-order valence-electron chi connectivity index (χ1n) is 6.30. The van der Waals surface area contributed by atoms with Gasteiger partial charge in [-0.1, -0.05) is 13.0 Å². The van der Waals surface area contributed by atoms with Gasteiger partial charge in [-0.15, -0.1) is 0 Å². The molecular weight excluding hydrogens is 386 g/mol. The van der Waals surface area contributed by atoms with Crippen LogP contribution in [0.15, 0.2) is 33.5 Å². The van der Waals surface area contributed by atoms with Crippen molar-refractivity contribution < 1.29 is 4.74 Å². The number of ether oxygens (including phenoxy) is 1. The molecule has 0 unspecified atom stereocenters. The maximum atomic E-state index is 5.83. The molecule has 106 valence electrons. The number of hydrogen-bond acceptors (Lipinski definition) is 4. The highest BCUT2D eigenvalue weighted by atomic mass is 79.9. The molecule has 0 aliphatic heterocycles. The maximum Gasteiger partial charge on any atom is 0.238 e. The van der Waals surface area contributed by atoms with E-state index in [9.17, 15) is 0 Å². The van der Waals surface area contributed by atoms with Crippen LogP contribution in [0.25, 0.3) is 0 Å². The summed E-state index contributed by atoms with van der Waals surface area (Å²) in [4.78, 5) is 8.36. The topological polar surface area (TPSA) is 47.0 Å². The number of nitrogens with one attached hydrogen (secondary N) is 1. The average molecular weight is 401 g/mol. The molecule has 20 heavy (non-hydrogen) atoms. The Hall–Kier alpha value is -1.14. The van der Waals surface area contributed by atoms with Gasteiger partial charge in [0, 0.05) is 6.54 Å². The van der Waals surface area contributed by atoms with Crippen LogP contribution in [0.4, 0.5) is 5.82 Å². The van der Waals surface area contributed by atoms with E-state index < -0.39 is 0 Å². The van der Waals surface area contributed by atoms with E-state index in [1.165, 1.54) is 6.33 Å². The van der Waals surface area contributed by atoms with Crippen LogP contribution in [0.2, 0.25) is 0 Å². The van der Waals surface area contributed by atoms with Crippen molar-refractivity contribution in [3.8, 4) is 11.6 Å². The third kappa shape index (κ3) is 3.70. The highest BCUT2D eigenvalue weighted by Gasteiger charge is 2.12. The van der Waals surface area contributed by atoms with Crippen LogP contribution in [-0.2, 0) is 0 Å². The Bertz CT molecular complexity index is 605. The third-order valence-corrected chi connectivity index (χ3v) is 3.93. The first-order valence-corrected chi connectivity index (χ1v) is 7.88. The van der Waals surface area contributed by atoms with Crippen LogP contribution in [0.3, 0.4) is 0 Å². The Labute approximate surface area is 135 Å². The van der Waals surface area contributed by atoms with E-state index in [1.807, 2.05) is 25.1 Å². The molecule has 0 fully saturated rings. The molecule has 2 rings (SSSR count). The monoisotopic (exact) mass is 399 g/mol. The van der Waals surface area contributed by atoms with Gasteiger partial charge in [-0.25, -0.2) is 9.97 Å². The summed E-state index contributed by atoms with van der Waals surface area (Å²) in [6, 6.07) is 5.90. The maximum absolute atomic E-state index is 5.83. The Kier molecular flexibility index (Phi) is 5.37. The van der Waals surface area contributed by atoms with Gasteiger partial charge in [0.15, 0.2) is 0 Å². The molecule has 1 aromatic carbocycles. The number of anilines is 1. The van der Waals surface area contributed by atoms with Crippen molar-refractivity contribution in [1.29, 1.82) is 0 Å². The van der Waals surface area contributed by atoms with Crippen LogP contribution in [0.5, 0.6) is 11.6 Å². The summed E-state index contributed by atoms with van der Waals surface area (Å²) in [7, 11) is 0. The van der Waals surface area contributed by atoms with E-state index in [1.54, 1.807) is 0 Å². The number of halogens is 2. The SMILES string of the molecule is CCCNc1ncnc(Oc2ccc(C)cc2Br)c1Br. The van der Waals surface area contributed by atoms with Gasteiger partial charge in [-0.3, -0.25) is 0 Å². The van der Waals surface area contributed by atoms with Crippen molar-refractivity contribution in [2.24, 2.45) is 0 Å². The number of aryl methyl sites for hydroxylation is 1. The lowest BCUT2D eigenvalue weighted by Gasteiger charge is -2.11. The second-order valence-electron chi connectivity index (χ2n) is 4.30. The predicted molar refractivity (Wildman–Crippen MR) is 87.5 cm³/mol. The summed E-state index contributed by atoms with van der Waals surface area (Å²) in [5, 5.41) is 3.22. The molecule has 2 aromatic rings. The zero-order valence-electron chi connectivity index (χ0n) is 11.3. The molecular formula is C14H15Br2N3O. The zero-order valence-corrected chi connectivity index (χ0v) is 14.5. The smallest absolute Gasteiger partial charge is 0.238 e. The van der Waals surface area contributed by atoms with Gasteiger partial charge in [0.25, 0.3) is 0 Å². The second-order valence-corrected chi connectivity index (χ2v) is 5.95. The van der Waals surface area contributed by atoms with Gasteiger partial charge in [0.2, 0.25) is 5.88 Å². The van der Waals surface area contributed by atoms with Gasteiger partial charge in [0.1, 0.15) is 22.4 Å². The van der Waals surface area contributed by atoms with Crippen molar-refractivity contribution in [2.45, 2.75) is 20.3 Å². The first kappa shape index (κ1) is 15.3. The largest absolute Gasteiger partial charge is 0.436 e. The molecule has 6 heteroatoms. The molecule has 1 heterocycles. The van der Waals surface area contributed by atoms with Gasteiger partial charge in [0.05, 0.1) is 4.47 Å². The molecule has 0 saturated heterocycles. The van der Waals surface area contributed by atoms with Crippen molar-refractivity contribution >= 4 is 37.7 Å². The Morgan fingerprint density at radius 3 is 2.75 bits per heavy atom. The third-order valence-electron chi connectivity index (χ3n) is 2.59. The number of hydrogen-bond donors (Lipinski definition) is 1. The fourth-order valence-electron chi connectivity index (χ4n) is 1.58. The number of nitrogens with zero attached hydrogens (tertiary/aromatic N) is 2. The lowest BCUT2D eigenvalue weighted by molar-refractivity contribution is 0.455. The van der Waals surface area contributed by atoms with Gasteiger partial charge in [-0.05, 0) is 62.9 Å². The van der Waals surface area contributed by atoms with Gasteiger partial charge < -0.3 is 10.1 Å². The van der Waals surface area contributed by atoms with E-state index in [2.05, 4.69) is 54.1 Å². The predicted octanol–water partition coefficient (Wildman–Crippen LogP) is 4.92. The van der Waals surface area contributed by atoms with Crippen molar-refractivity contribution in [2.75, 3.05) is 11.9 Å². The van der Waals surface area contributed by atoms with Crippen molar-refractivity contribution in [3.05, 3.63) is 39.0 Å². The zero-order chi connectivity index (χ0) is 14.5. The quantitative estimate of drug-likeness (QED) is 0.773. The Morgan fingerprint density at radius 1 is 1.25 bits per heavy atom. The summed E-state index contributed by atoms with van der Waals surface area (Å²) in [6.45, 7) is 4.98. The molecule has 0 radical (unpaired) electrons. The van der Waals surface area contributed by atoms with Crippen molar-refractivity contribution in [1.82, 2.24) is 9.97 Å². The van der Waals surface area contributed by atoms with Crippen LogP contribution in [-0.4, -0.2) is 16.5 Å². The van der Waals surface area contributed by atoms with Crippen LogP contribution in [0.1, 0.15) is 18.9 Å². The number of benzene rings is 1. The highest BCUT2D eigenvalue weighted by molar-refractivity contribution is 9.11. The Morgan fingerprint density at radius 2 is 2.05 bits per heavy atom. The van der Waals surface area contributed by atoms with E-state index in [4.69, 9.17) is 4.74 Å². The molecule has 0 aliphatic rings. The van der Waals surface area contributed by atoms with E-state index in [0.29, 0.717) is 5.88 Å². The highest BCUT2D eigenvalue weighted by Crippen LogP contribution is 2.35. The molecule has 1 aromatic heterocycles. The minimum atomic E-state index is 0.489. The van der Waals surface area contributed by atoms with E-state index in [-0.39, 0.29) is 0 Å². The molecule has 0 saturated carbocycles. The van der Waals surface area contributed by atoms with Crippen LogP contribution >= 0.6 is 31.9 Å². The Balaban J connectivity index is 2.24. The average Bonchev–Trinajstić information content (AvgIpc) is 2.42. The minimum absolute atomic E-state index is 0.489. The molecule has 0 spiro atoms. The molecule has 0 amide bonds. The molecule has 0 aliphatic carbocycles. The number of aromatic nitrogens is 2. The molecule has 0 atom stereocenters. The first-order chi connectivity index (χ1) is 9.61. The lowest BCUT2D eigenvalue weighted by atomic mass is 10.2. The van der Waals surface area contributed by atoms with Gasteiger partial charge in [-0.2, -0.15) is 0 Å². The molecule has 4 nitrogen and oxygen atoms in total. The van der Waals surface area contributed by atoms with Crippen LogP contribution in [0, 0.1) is 6.92 Å².